The monoisotopic (exact) mass is 275 g/mol. The van der Waals surface area contributed by atoms with E-state index in [1.165, 1.54) is 49.8 Å². The molecule has 3 nitrogen and oxygen atoms in total. The number of nitrogens with one attached hydrogen (secondary N) is 1. The van der Waals surface area contributed by atoms with Crippen molar-refractivity contribution in [3.8, 4) is 0 Å². The Bertz CT molecular complexity index is 378. The van der Waals surface area contributed by atoms with Crippen LogP contribution in [0.2, 0.25) is 0 Å². The van der Waals surface area contributed by atoms with Gasteiger partial charge in [-0.15, -0.1) is 0 Å². The number of benzene rings is 1. The summed E-state index contributed by atoms with van der Waals surface area (Å²) in [7, 11) is 4.14. The zero-order chi connectivity index (χ0) is 14.4. The van der Waals surface area contributed by atoms with E-state index in [-0.39, 0.29) is 6.04 Å². The first-order valence-electron chi connectivity index (χ1n) is 7.94. The third-order valence-corrected chi connectivity index (χ3v) is 4.34. The first-order valence-corrected chi connectivity index (χ1v) is 7.94. The van der Waals surface area contributed by atoms with Crippen LogP contribution in [0.15, 0.2) is 24.3 Å². The second kappa shape index (κ2) is 7.65. The molecule has 3 N–H and O–H groups in total. The van der Waals surface area contributed by atoms with Crippen molar-refractivity contribution in [2.45, 2.75) is 50.6 Å². The first-order chi connectivity index (χ1) is 9.70. The minimum absolute atomic E-state index is 0.286. The molecule has 0 aliphatic heterocycles. The summed E-state index contributed by atoms with van der Waals surface area (Å²) < 4.78 is 0. The molecule has 1 aromatic carbocycles. The van der Waals surface area contributed by atoms with Gasteiger partial charge in [0, 0.05) is 38.4 Å². The molecule has 2 rings (SSSR count). The highest BCUT2D eigenvalue weighted by molar-refractivity contribution is 5.46. The second-order valence-corrected chi connectivity index (χ2v) is 6.13. The fraction of sp³-hybridized carbons (Fsp3) is 0.647. The molecule has 0 radical (unpaired) electrons. The van der Waals surface area contributed by atoms with Crippen molar-refractivity contribution in [1.29, 1.82) is 0 Å². The van der Waals surface area contributed by atoms with Crippen molar-refractivity contribution in [2.75, 3.05) is 25.5 Å². The minimum atomic E-state index is 0.286. The van der Waals surface area contributed by atoms with Crippen molar-refractivity contribution in [3.05, 3.63) is 29.8 Å². The van der Waals surface area contributed by atoms with Crippen molar-refractivity contribution < 1.29 is 0 Å². The van der Waals surface area contributed by atoms with E-state index in [0.29, 0.717) is 12.6 Å². The third-order valence-electron chi connectivity index (χ3n) is 4.34. The zero-order valence-corrected chi connectivity index (χ0v) is 12.9. The lowest BCUT2D eigenvalue weighted by Crippen LogP contribution is -2.36. The zero-order valence-electron chi connectivity index (χ0n) is 12.9. The predicted octanol–water partition coefficient (Wildman–Crippen LogP) is 3.06. The highest BCUT2D eigenvalue weighted by Crippen LogP contribution is 2.22. The molecule has 0 bridgehead atoms. The molecule has 1 aromatic rings. The molecule has 0 amide bonds. The van der Waals surface area contributed by atoms with E-state index in [9.17, 15) is 0 Å². The normalized spacial score (nSPS) is 18.6. The average molecular weight is 275 g/mol. The van der Waals surface area contributed by atoms with Gasteiger partial charge in [-0.1, -0.05) is 37.8 Å². The SMILES string of the molecule is CN(C)c1ccc(C(CN)NC2CCCCCC2)cc1. The van der Waals surface area contributed by atoms with Crippen LogP contribution >= 0.6 is 0 Å². The number of nitrogens with zero attached hydrogens (tertiary/aromatic N) is 1. The lowest BCUT2D eigenvalue weighted by Gasteiger charge is -2.25. The van der Waals surface area contributed by atoms with Gasteiger partial charge in [0.1, 0.15) is 0 Å². The van der Waals surface area contributed by atoms with E-state index in [4.69, 9.17) is 5.73 Å². The van der Waals surface area contributed by atoms with Gasteiger partial charge in [0.15, 0.2) is 0 Å². The van der Waals surface area contributed by atoms with Crippen LogP contribution in [-0.4, -0.2) is 26.7 Å². The van der Waals surface area contributed by atoms with Crippen molar-refractivity contribution in [2.24, 2.45) is 5.73 Å². The number of hydrogen-bond donors (Lipinski definition) is 2. The third kappa shape index (κ3) is 4.22. The Morgan fingerprint density at radius 3 is 2.20 bits per heavy atom. The molecular formula is C17H29N3. The largest absolute Gasteiger partial charge is 0.378 e. The standard InChI is InChI=1S/C17H29N3/c1-20(2)16-11-9-14(10-12-16)17(13-18)19-15-7-5-3-4-6-8-15/h9-12,15,17,19H,3-8,13,18H2,1-2H3. The average Bonchev–Trinajstić information content (AvgIpc) is 2.73. The topological polar surface area (TPSA) is 41.3 Å². The highest BCUT2D eigenvalue weighted by atomic mass is 15.1. The second-order valence-electron chi connectivity index (χ2n) is 6.13. The molecule has 1 atom stereocenters. The Hall–Kier alpha value is -1.06. The van der Waals surface area contributed by atoms with Gasteiger partial charge in [-0.05, 0) is 30.5 Å². The molecule has 1 aliphatic rings. The van der Waals surface area contributed by atoms with Crippen LogP contribution < -0.4 is 16.0 Å². The Kier molecular flexibility index (Phi) is 5.86. The molecule has 0 saturated heterocycles. The summed E-state index contributed by atoms with van der Waals surface area (Å²) in [5, 5.41) is 3.77. The van der Waals surface area contributed by atoms with Crippen molar-refractivity contribution in [1.82, 2.24) is 5.32 Å². The van der Waals surface area contributed by atoms with E-state index in [0.717, 1.165) is 0 Å². The molecule has 1 unspecified atom stereocenters. The molecule has 1 aliphatic carbocycles. The fourth-order valence-electron chi connectivity index (χ4n) is 3.04. The maximum absolute atomic E-state index is 5.99. The Morgan fingerprint density at radius 1 is 1.10 bits per heavy atom. The molecule has 3 heteroatoms. The van der Waals surface area contributed by atoms with E-state index < -0.39 is 0 Å². The van der Waals surface area contributed by atoms with Gasteiger partial charge in [-0.3, -0.25) is 0 Å². The molecule has 0 heterocycles. The van der Waals surface area contributed by atoms with Crippen LogP contribution in [0.1, 0.15) is 50.1 Å². The Balaban J connectivity index is 1.99. The lowest BCUT2D eigenvalue weighted by atomic mass is 10.0. The summed E-state index contributed by atoms with van der Waals surface area (Å²) in [6.07, 6.45) is 8.09. The number of hydrogen-bond acceptors (Lipinski definition) is 3. The molecule has 112 valence electrons. The molecule has 1 saturated carbocycles. The maximum atomic E-state index is 5.99. The van der Waals surface area contributed by atoms with Gasteiger partial charge in [0.05, 0.1) is 0 Å². The fourth-order valence-corrected chi connectivity index (χ4v) is 3.04. The van der Waals surface area contributed by atoms with Crippen LogP contribution in [0.25, 0.3) is 0 Å². The molecule has 20 heavy (non-hydrogen) atoms. The maximum Gasteiger partial charge on any atom is 0.0446 e. The molecule has 0 spiro atoms. The van der Waals surface area contributed by atoms with E-state index >= 15 is 0 Å². The van der Waals surface area contributed by atoms with Gasteiger partial charge in [0.2, 0.25) is 0 Å². The highest BCUT2D eigenvalue weighted by Gasteiger charge is 2.17. The van der Waals surface area contributed by atoms with Gasteiger partial charge >= 0.3 is 0 Å². The van der Waals surface area contributed by atoms with Gasteiger partial charge in [0.25, 0.3) is 0 Å². The Morgan fingerprint density at radius 2 is 1.70 bits per heavy atom. The number of nitrogens with two attached hydrogens (primary N) is 1. The smallest absolute Gasteiger partial charge is 0.0446 e. The molecular weight excluding hydrogens is 246 g/mol. The number of rotatable bonds is 5. The lowest BCUT2D eigenvalue weighted by molar-refractivity contribution is 0.402. The quantitative estimate of drug-likeness (QED) is 0.812. The van der Waals surface area contributed by atoms with E-state index in [1.807, 2.05) is 0 Å². The van der Waals surface area contributed by atoms with Crippen LogP contribution in [0, 0.1) is 0 Å². The summed E-state index contributed by atoms with van der Waals surface area (Å²) in [6, 6.07) is 9.68. The summed E-state index contributed by atoms with van der Waals surface area (Å²) >= 11 is 0. The van der Waals surface area contributed by atoms with Gasteiger partial charge in [-0.2, -0.15) is 0 Å². The molecule has 1 fully saturated rings. The van der Waals surface area contributed by atoms with Crippen molar-refractivity contribution >= 4 is 5.69 Å². The van der Waals surface area contributed by atoms with Crippen LogP contribution in [-0.2, 0) is 0 Å². The van der Waals surface area contributed by atoms with E-state index in [1.54, 1.807) is 0 Å². The summed E-state index contributed by atoms with van der Waals surface area (Å²) in [5.41, 5.74) is 8.53. The minimum Gasteiger partial charge on any atom is -0.378 e. The van der Waals surface area contributed by atoms with Crippen molar-refractivity contribution in [3.63, 3.8) is 0 Å². The molecule has 0 aromatic heterocycles. The Labute approximate surface area is 123 Å². The predicted molar refractivity (Wildman–Crippen MR) is 87.2 cm³/mol. The number of anilines is 1. The van der Waals surface area contributed by atoms with Crippen LogP contribution in [0.3, 0.4) is 0 Å². The first kappa shape index (κ1) is 15.3. The van der Waals surface area contributed by atoms with Crippen LogP contribution in [0.5, 0.6) is 0 Å². The van der Waals surface area contributed by atoms with E-state index in [2.05, 4.69) is 48.6 Å². The van der Waals surface area contributed by atoms with Crippen LogP contribution in [0.4, 0.5) is 5.69 Å². The summed E-state index contributed by atoms with van der Waals surface area (Å²) in [6.45, 7) is 0.664. The summed E-state index contributed by atoms with van der Waals surface area (Å²) in [5.74, 6) is 0. The van der Waals surface area contributed by atoms with Gasteiger partial charge in [-0.25, -0.2) is 0 Å². The summed E-state index contributed by atoms with van der Waals surface area (Å²) in [4.78, 5) is 2.12. The van der Waals surface area contributed by atoms with Gasteiger partial charge < -0.3 is 16.0 Å².